The highest BCUT2D eigenvalue weighted by Crippen LogP contribution is 2.29. The minimum absolute atomic E-state index is 0.0167. The first-order valence-electron chi connectivity index (χ1n) is 8.73. The number of hydrogen-bond acceptors (Lipinski definition) is 8. The van der Waals surface area contributed by atoms with Gasteiger partial charge in [0.15, 0.2) is 4.34 Å². The molecule has 10 heteroatoms. The maximum absolute atomic E-state index is 12.0. The number of carbonyl (C=O) groups is 1. The number of aromatic nitrogens is 1. The molecule has 2 aromatic heterocycles. The Labute approximate surface area is 178 Å². The first kappa shape index (κ1) is 19.8. The maximum atomic E-state index is 12.0. The number of amides is 1. The molecule has 0 unspecified atom stereocenters. The summed E-state index contributed by atoms with van der Waals surface area (Å²) >= 11 is 2.89. The Morgan fingerprint density at radius 2 is 2.10 bits per heavy atom. The maximum Gasteiger partial charge on any atom is 0.270 e. The van der Waals surface area contributed by atoms with E-state index in [4.69, 9.17) is 4.42 Å². The number of nitro benzene ring substituents is 1. The average molecular weight is 438 g/mol. The summed E-state index contributed by atoms with van der Waals surface area (Å²) < 4.78 is 7.51. The standard InChI is InChI=1S/C20H14N4O4S2/c25-19(12-29-20-22-16-6-1-2-7-18(16)30-20)23-21-11-15-8-9-17(28-15)13-4-3-5-14(10-13)24(26)27/h1-11H,12H2,(H,23,25). The molecule has 1 N–H and O–H groups in total. The van der Waals surface area contributed by atoms with Crippen LogP contribution in [0.1, 0.15) is 5.76 Å². The van der Waals surface area contributed by atoms with E-state index in [1.807, 2.05) is 24.3 Å². The average Bonchev–Trinajstić information content (AvgIpc) is 3.39. The Bertz CT molecular complexity index is 1220. The zero-order valence-electron chi connectivity index (χ0n) is 15.3. The lowest BCUT2D eigenvalue weighted by Gasteiger charge is -1.97. The normalized spacial score (nSPS) is 11.2. The molecule has 0 bridgehead atoms. The van der Waals surface area contributed by atoms with Crippen LogP contribution < -0.4 is 5.43 Å². The number of nitrogens with one attached hydrogen (secondary N) is 1. The van der Waals surface area contributed by atoms with Crippen LogP contribution in [-0.4, -0.2) is 27.8 Å². The van der Waals surface area contributed by atoms with Crippen molar-refractivity contribution in [3.8, 4) is 11.3 Å². The fraction of sp³-hybridized carbons (Fsp3) is 0.0500. The van der Waals surface area contributed by atoms with Crippen molar-refractivity contribution < 1.29 is 14.1 Å². The second kappa shape index (κ2) is 8.89. The van der Waals surface area contributed by atoms with E-state index in [-0.39, 0.29) is 17.3 Å². The van der Waals surface area contributed by atoms with Crippen LogP contribution in [0.25, 0.3) is 21.5 Å². The first-order valence-corrected chi connectivity index (χ1v) is 10.5. The van der Waals surface area contributed by atoms with Gasteiger partial charge in [-0.2, -0.15) is 5.10 Å². The summed E-state index contributed by atoms with van der Waals surface area (Å²) in [6.07, 6.45) is 1.38. The van der Waals surface area contributed by atoms with Gasteiger partial charge >= 0.3 is 0 Å². The Hall–Kier alpha value is -3.50. The van der Waals surface area contributed by atoms with E-state index in [2.05, 4.69) is 15.5 Å². The zero-order valence-corrected chi connectivity index (χ0v) is 17.0. The summed E-state index contributed by atoms with van der Waals surface area (Å²) in [7, 11) is 0. The van der Waals surface area contributed by atoms with Gasteiger partial charge in [0.1, 0.15) is 11.5 Å². The second-order valence-electron chi connectivity index (χ2n) is 6.04. The Balaban J connectivity index is 1.31. The molecule has 0 aliphatic rings. The van der Waals surface area contributed by atoms with E-state index in [1.54, 1.807) is 24.3 Å². The smallest absolute Gasteiger partial charge is 0.270 e. The summed E-state index contributed by atoms with van der Waals surface area (Å²) in [6.45, 7) is 0. The van der Waals surface area contributed by atoms with E-state index in [9.17, 15) is 14.9 Å². The molecule has 8 nitrogen and oxygen atoms in total. The van der Waals surface area contributed by atoms with Crippen LogP contribution in [0.2, 0.25) is 0 Å². The number of hydrogen-bond donors (Lipinski definition) is 1. The lowest BCUT2D eigenvalue weighted by atomic mass is 10.1. The molecule has 0 atom stereocenters. The predicted molar refractivity (Wildman–Crippen MR) is 117 cm³/mol. The molecule has 2 aromatic carbocycles. The number of non-ortho nitro benzene ring substituents is 1. The number of carbonyl (C=O) groups excluding carboxylic acids is 1. The Morgan fingerprint density at radius 1 is 1.23 bits per heavy atom. The van der Waals surface area contributed by atoms with Crippen LogP contribution in [0.15, 0.2) is 74.5 Å². The number of furan rings is 1. The summed E-state index contributed by atoms with van der Waals surface area (Å²) in [6, 6.07) is 17.3. The molecule has 2 heterocycles. The minimum atomic E-state index is -0.462. The second-order valence-corrected chi connectivity index (χ2v) is 8.29. The fourth-order valence-corrected chi connectivity index (χ4v) is 4.45. The quantitative estimate of drug-likeness (QED) is 0.194. The summed E-state index contributed by atoms with van der Waals surface area (Å²) in [4.78, 5) is 26.9. The zero-order chi connectivity index (χ0) is 20.9. The van der Waals surface area contributed by atoms with Gasteiger partial charge in [0.05, 0.1) is 27.1 Å². The predicted octanol–water partition coefficient (Wildman–Crippen LogP) is 4.71. The Morgan fingerprint density at radius 3 is 2.93 bits per heavy atom. The van der Waals surface area contributed by atoms with Gasteiger partial charge < -0.3 is 4.42 Å². The molecule has 0 saturated carbocycles. The van der Waals surface area contributed by atoms with Crippen molar-refractivity contribution in [2.75, 3.05) is 5.75 Å². The molecule has 4 aromatic rings. The highest BCUT2D eigenvalue weighted by molar-refractivity contribution is 8.01. The monoisotopic (exact) mass is 438 g/mol. The molecule has 0 fully saturated rings. The lowest BCUT2D eigenvalue weighted by Crippen LogP contribution is -2.19. The van der Waals surface area contributed by atoms with Crippen molar-refractivity contribution in [3.05, 3.63) is 76.5 Å². The van der Waals surface area contributed by atoms with Crippen LogP contribution >= 0.6 is 23.1 Å². The van der Waals surface area contributed by atoms with E-state index in [0.29, 0.717) is 17.1 Å². The highest BCUT2D eigenvalue weighted by Gasteiger charge is 2.10. The van der Waals surface area contributed by atoms with Gasteiger partial charge in [-0.15, -0.1) is 11.3 Å². The number of nitrogens with zero attached hydrogens (tertiary/aromatic N) is 3. The first-order chi connectivity index (χ1) is 14.6. The van der Waals surface area contributed by atoms with Crippen molar-refractivity contribution in [2.45, 2.75) is 4.34 Å². The summed E-state index contributed by atoms with van der Waals surface area (Å²) in [5.74, 6) is 0.809. The van der Waals surface area contributed by atoms with E-state index in [1.165, 1.54) is 41.4 Å². The van der Waals surface area contributed by atoms with Crippen LogP contribution in [-0.2, 0) is 4.79 Å². The van der Waals surface area contributed by atoms with Gasteiger partial charge in [-0.1, -0.05) is 36.0 Å². The molecule has 0 saturated heterocycles. The molecule has 0 radical (unpaired) electrons. The molecule has 0 spiro atoms. The largest absolute Gasteiger partial charge is 0.455 e. The van der Waals surface area contributed by atoms with Crippen molar-refractivity contribution in [3.63, 3.8) is 0 Å². The van der Waals surface area contributed by atoms with Crippen LogP contribution in [0, 0.1) is 10.1 Å². The number of hydrazone groups is 1. The van der Waals surface area contributed by atoms with E-state index >= 15 is 0 Å². The summed E-state index contributed by atoms with van der Waals surface area (Å²) in [5.41, 5.74) is 3.93. The lowest BCUT2D eigenvalue weighted by molar-refractivity contribution is -0.384. The van der Waals surface area contributed by atoms with E-state index in [0.717, 1.165) is 14.6 Å². The molecule has 30 heavy (non-hydrogen) atoms. The van der Waals surface area contributed by atoms with Crippen molar-refractivity contribution in [1.82, 2.24) is 10.4 Å². The molecule has 150 valence electrons. The third-order valence-corrected chi connectivity index (χ3v) is 6.13. The SMILES string of the molecule is O=C(CSc1nc2ccccc2s1)NN=Cc1ccc(-c2cccc([N+](=O)[O-])c2)o1. The van der Waals surface area contributed by atoms with Gasteiger partial charge in [0, 0.05) is 17.7 Å². The summed E-state index contributed by atoms with van der Waals surface area (Å²) in [5, 5.41) is 14.8. The topological polar surface area (TPSA) is 111 Å². The number of thioether (sulfide) groups is 1. The minimum Gasteiger partial charge on any atom is -0.455 e. The van der Waals surface area contributed by atoms with E-state index < -0.39 is 4.92 Å². The van der Waals surface area contributed by atoms with Crippen molar-refractivity contribution in [1.29, 1.82) is 0 Å². The molecular weight excluding hydrogens is 424 g/mol. The van der Waals surface area contributed by atoms with Gasteiger partial charge in [-0.25, -0.2) is 10.4 Å². The van der Waals surface area contributed by atoms with Gasteiger partial charge in [0.25, 0.3) is 11.6 Å². The van der Waals surface area contributed by atoms with Crippen LogP contribution in [0.4, 0.5) is 5.69 Å². The van der Waals surface area contributed by atoms with Crippen molar-refractivity contribution >= 4 is 51.1 Å². The number of fused-ring (bicyclic) bond motifs is 1. The molecule has 0 aliphatic carbocycles. The molecule has 1 amide bonds. The van der Waals surface area contributed by atoms with Gasteiger partial charge in [-0.05, 0) is 24.3 Å². The molecule has 0 aliphatic heterocycles. The number of para-hydroxylation sites is 1. The van der Waals surface area contributed by atoms with Crippen molar-refractivity contribution in [2.24, 2.45) is 5.10 Å². The highest BCUT2D eigenvalue weighted by atomic mass is 32.2. The number of rotatable bonds is 7. The van der Waals surface area contributed by atoms with Gasteiger partial charge in [0.2, 0.25) is 0 Å². The van der Waals surface area contributed by atoms with Crippen LogP contribution in [0.3, 0.4) is 0 Å². The van der Waals surface area contributed by atoms with Crippen LogP contribution in [0.5, 0.6) is 0 Å². The number of thiazole rings is 1. The molecule has 4 rings (SSSR count). The third-order valence-electron chi connectivity index (χ3n) is 3.95. The Kier molecular flexibility index (Phi) is 5.87. The number of nitro groups is 1. The molecular formula is C20H14N4O4S2. The number of benzene rings is 2. The third kappa shape index (κ3) is 4.73. The van der Waals surface area contributed by atoms with Gasteiger partial charge in [-0.3, -0.25) is 14.9 Å². The fourth-order valence-electron chi connectivity index (χ4n) is 2.59.